The number of halogens is 4. The third-order valence-corrected chi connectivity index (χ3v) is 3.26. The topological polar surface area (TPSA) is 38.0 Å². The van der Waals surface area contributed by atoms with E-state index in [4.69, 9.17) is 0 Å². The molecule has 1 heterocycles. The standard InChI is InChI=1S/C12H10BrF3N2O/c1-7(19)9-3-2-8(6-10(9)13)18-5-4-11(17-18)12(14,15)16/h2-7,19H,1H3/t7-/m0/s1. The van der Waals surface area contributed by atoms with E-state index in [1.165, 1.54) is 6.20 Å². The van der Waals surface area contributed by atoms with Crippen LogP contribution in [0, 0.1) is 0 Å². The summed E-state index contributed by atoms with van der Waals surface area (Å²) in [6.45, 7) is 1.61. The Labute approximate surface area is 115 Å². The summed E-state index contributed by atoms with van der Waals surface area (Å²) in [5.41, 5.74) is 0.196. The fraction of sp³-hybridized carbons (Fsp3) is 0.250. The monoisotopic (exact) mass is 334 g/mol. The van der Waals surface area contributed by atoms with Gasteiger partial charge in [0.05, 0.1) is 11.8 Å². The molecular formula is C12H10BrF3N2O. The Kier molecular flexibility index (Phi) is 3.69. The minimum atomic E-state index is -4.46. The zero-order chi connectivity index (χ0) is 14.2. The first kappa shape index (κ1) is 14.1. The largest absolute Gasteiger partial charge is 0.435 e. The van der Waals surface area contributed by atoms with Gasteiger partial charge in [-0.25, -0.2) is 4.68 Å². The second kappa shape index (κ2) is 4.97. The second-order valence-corrected chi connectivity index (χ2v) is 4.88. The van der Waals surface area contributed by atoms with Crippen molar-refractivity contribution in [1.82, 2.24) is 9.78 Å². The van der Waals surface area contributed by atoms with Crippen LogP contribution in [0.5, 0.6) is 0 Å². The van der Waals surface area contributed by atoms with Crippen molar-refractivity contribution in [3.8, 4) is 5.69 Å². The van der Waals surface area contributed by atoms with Crippen LogP contribution in [0.2, 0.25) is 0 Å². The molecular weight excluding hydrogens is 325 g/mol. The number of aliphatic hydroxyl groups is 1. The molecule has 0 bridgehead atoms. The molecule has 102 valence electrons. The molecule has 19 heavy (non-hydrogen) atoms. The van der Waals surface area contributed by atoms with Gasteiger partial charge < -0.3 is 5.11 Å². The lowest BCUT2D eigenvalue weighted by Crippen LogP contribution is -2.07. The van der Waals surface area contributed by atoms with Gasteiger partial charge in [0, 0.05) is 10.7 Å². The van der Waals surface area contributed by atoms with E-state index in [0.29, 0.717) is 15.7 Å². The number of aromatic nitrogens is 2. The molecule has 0 spiro atoms. The average Bonchev–Trinajstić information content (AvgIpc) is 2.76. The molecule has 1 atom stereocenters. The van der Waals surface area contributed by atoms with Crippen LogP contribution >= 0.6 is 15.9 Å². The maximum Gasteiger partial charge on any atom is 0.435 e. The highest BCUT2D eigenvalue weighted by molar-refractivity contribution is 9.10. The number of benzene rings is 1. The summed E-state index contributed by atoms with van der Waals surface area (Å²) in [5.74, 6) is 0. The Bertz CT molecular complexity index is 593. The summed E-state index contributed by atoms with van der Waals surface area (Å²) in [4.78, 5) is 0. The second-order valence-electron chi connectivity index (χ2n) is 4.03. The highest BCUT2D eigenvalue weighted by atomic mass is 79.9. The predicted octanol–water partition coefficient (Wildman–Crippen LogP) is 3.71. The van der Waals surface area contributed by atoms with Crippen molar-refractivity contribution in [2.24, 2.45) is 0 Å². The third kappa shape index (κ3) is 2.98. The van der Waals surface area contributed by atoms with E-state index in [-0.39, 0.29) is 0 Å². The maximum atomic E-state index is 12.4. The Morgan fingerprint density at radius 1 is 1.32 bits per heavy atom. The van der Waals surface area contributed by atoms with Crippen LogP contribution in [-0.4, -0.2) is 14.9 Å². The molecule has 0 radical (unpaired) electrons. The molecule has 1 aromatic carbocycles. The van der Waals surface area contributed by atoms with Gasteiger partial charge in [0.15, 0.2) is 5.69 Å². The van der Waals surface area contributed by atoms with E-state index in [1.807, 2.05) is 0 Å². The van der Waals surface area contributed by atoms with E-state index in [9.17, 15) is 18.3 Å². The van der Waals surface area contributed by atoms with E-state index >= 15 is 0 Å². The quantitative estimate of drug-likeness (QED) is 0.909. The molecule has 0 aliphatic rings. The first-order valence-electron chi connectivity index (χ1n) is 5.40. The Morgan fingerprint density at radius 2 is 2.00 bits per heavy atom. The normalized spacial score (nSPS) is 13.6. The molecule has 1 aromatic heterocycles. The van der Waals surface area contributed by atoms with Gasteiger partial charge in [-0.15, -0.1) is 0 Å². The smallest absolute Gasteiger partial charge is 0.389 e. The summed E-state index contributed by atoms with van der Waals surface area (Å²) < 4.78 is 39.1. The van der Waals surface area contributed by atoms with Crippen molar-refractivity contribution in [3.63, 3.8) is 0 Å². The Balaban J connectivity index is 2.38. The highest BCUT2D eigenvalue weighted by Gasteiger charge is 2.33. The van der Waals surface area contributed by atoms with Crippen LogP contribution in [0.4, 0.5) is 13.2 Å². The number of aliphatic hydroxyl groups excluding tert-OH is 1. The van der Waals surface area contributed by atoms with Gasteiger partial charge in [0.25, 0.3) is 0 Å². The lowest BCUT2D eigenvalue weighted by atomic mass is 10.1. The van der Waals surface area contributed by atoms with Gasteiger partial charge in [-0.3, -0.25) is 0 Å². The Hall–Kier alpha value is -1.34. The van der Waals surface area contributed by atoms with Crippen molar-refractivity contribution in [2.75, 3.05) is 0 Å². The minimum Gasteiger partial charge on any atom is -0.389 e. The van der Waals surface area contributed by atoms with Crippen molar-refractivity contribution in [3.05, 3.63) is 46.2 Å². The fourth-order valence-electron chi connectivity index (χ4n) is 1.62. The molecule has 0 aliphatic carbocycles. The summed E-state index contributed by atoms with van der Waals surface area (Å²) in [5, 5.41) is 13.0. The fourth-order valence-corrected chi connectivity index (χ4v) is 2.31. The third-order valence-electron chi connectivity index (χ3n) is 2.58. The molecule has 7 heteroatoms. The molecule has 0 fully saturated rings. The number of nitrogens with zero attached hydrogens (tertiary/aromatic N) is 2. The van der Waals surface area contributed by atoms with Gasteiger partial charge >= 0.3 is 6.18 Å². The van der Waals surface area contributed by atoms with E-state index in [0.717, 1.165) is 10.7 Å². The zero-order valence-corrected chi connectivity index (χ0v) is 11.4. The van der Waals surface area contributed by atoms with Gasteiger partial charge in [-0.1, -0.05) is 22.0 Å². The molecule has 0 aliphatic heterocycles. The summed E-state index contributed by atoms with van der Waals surface area (Å²) in [7, 11) is 0. The molecule has 0 amide bonds. The van der Waals surface area contributed by atoms with Crippen LogP contribution in [-0.2, 0) is 6.18 Å². The molecule has 2 aromatic rings. The molecule has 1 N–H and O–H groups in total. The average molecular weight is 335 g/mol. The van der Waals surface area contributed by atoms with Gasteiger partial charge in [-0.2, -0.15) is 18.3 Å². The van der Waals surface area contributed by atoms with Crippen molar-refractivity contribution in [2.45, 2.75) is 19.2 Å². The van der Waals surface area contributed by atoms with Crippen LogP contribution in [0.25, 0.3) is 5.69 Å². The SMILES string of the molecule is C[C@H](O)c1ccc(-n2ccc(C(F)(F)F)n2)cc1Br. The zero-order valence-electron chi connectivity index (χ0n) is 9.82. The van der Waals surface area contributed by atoms with Gasteiger partial charge in [-0.05, 0) is 30.7 Å². The number of rotatable bonds is 2. The summed E-state index contributed by atoms with van der Waals surface area (Å²) in [6, 6.07) is 5.75. The number of hydrogen-bond donors (Lipinski definition) is 1. The summed E-state index contributed by atoms with van der Waals surface area (Å²) >= 11 is 3.27. The van der Waals surface area contributed by atoms with Crippen molar-refractivity contribution in [1.29, 1.82) is 0 Å². The molecule has 0 saturated carbocycles. The predicted molar refractivity (Wildman–Crippen MR) is 66.9 cm³/mol. The van der Waals surface area contributed by atoms with Crippen LogP contribution in [0.15, 0.2) is 34.9 Å². The van der Waals surface area contributed by atoms with Gasteiger partial charge in [0.2, 0.25) is 0 Å². The van der Waals surface area contributed by atoms with E-state index in [2.05, 4.69) is 21.0 Å². The molecule has 0 unspecified atom stereocenters. The number of alkyl halides is 3. The van der Waals surface area contributed by atoms with Crippen molar-refractivity contribution >= 4 is 15.9 Å². The van der Waals surface area contributed by atoms with E-state index < -0.39 is 18.0 Å². The Morgan fingerprint density at radius 3 is 2.47 bits per heavy atom. The molecule has 2 rings (SSSR count). The maximum absolute atomic E-state index is 12.4. The lowest BCUT2D eigenvalue weighted by Gasteiger charge is -2.09. The highest BCUT2D eigenvalue weighted by Crippen LogP contribution is 2.29. The molecule has 3 nitrogen and oxygen atoms in total. The number of hydrogen-bond acceptors (Lipinski definition) is 2. The van der Waals surface area contributed by atoms with Gasteiger partial charge in [0.1, 0.15) is 0 Å². The van der Waals surface area contributed by atoms with Crippen LogP contribution in [0.1, 0.15) is 24.3 Å². The first-order valence-corrected chi connectivity index (χ1v) is 6.19. The van der Waals surface area contributed by atoms with Crippen LogP contribution < -0.4 is 0 Å². The molecule has 0 saturated heterocycles. The minimum absolute atomic E-state index is 0.478. The van der Waals surface area contributed by atoms with E-state index in [1.54, 1.807) is 25.1 Å². The van der Waals surface area contributed by atoms with Crippen molar-refractivity contribution < 1.29 is 18.3 Å². The summed E-state index contributed by atoms with van der Waals surface area (Å²) in [6.07, 6.45) is -3.87. The first-order chi connectivity index (χ1) is 8.79. The van der Waals surface area contributed by atoms with Crippen LogP contribution in [0.3, 0.4) is 0 Å². The lowest BCUT2D eigenvalue weighted by molar-refractivity contribution is -0.141.